The zero-order valence-electron chi connectivity index (χ0n) is 12.2. The van der Waals surface area contributed by atoms with Crippen molar-refractivity contribution >= 4 is 17.7 Å². The van der Waals surface area contributed by atoms with Gasteiger partial charge in [0.15, 0.2) is 5.78 Å². The van der Waals surface area contributed by atoms with Gasteiger partial charge in [-0.3, -0.25) is 4.79 Å². The fourth-order valence-corrected chi connectivity index (χ4v) is 1.95. The van der Waals surface area contributed by atoms with Crippen molar-refractivity contribution in [1.82, 2.24) is 0 Å². The van der Waals surface area contributed by atoms with Crippen LogP contribution in [0.5, 0.6) is 5.75 Å². The van der Waals surface area contributed by atoms with Gasteiger partial charge >= 0.3 is 11.9 Å². The Balaban J connectivity index is 2.35. The average molecular weight is 298 g/mol. The number of ether oxygens (including phenoxy) is 2. The van der Waals surface area contributed by atoms with Gasteiger partial charge < -0.3 is 9.47 Å². The molecule has 0 N–H and O–H groups in total. The van der Waals surface area contributed by atoms with Crippen LogP contribution >= 0.6 is 0 Å². The Morgan fingerprint density at radius 1 is 0.773 bits per heavy atom. The number of rotatable bonds is 4. The number of hydrogen-bond donors (Lipinski definition) is 0. The second-order valence-corrected chi connectivity index (χ2v) is 4.48. The normalized spacial score (nSPS) is 9.91. The highest BCUT2D eigenvalue weighted by molar-refractivity contribution is 6.04. The lowest BCUT2D eigenvalue weighted by atomic mass is 10.1. The van der Waals surface area contributed by atoms with Crippen LogP contribution in [0.1, 0.15) is 38.0 Å². The fourth-order valence-electron chi connectivity index (χ4n) is 1.95. The Labute approximate surface area is 127 Å². The summed E-state index contributed by atoms with van der Waals surface area (Å²) >= 11 is 0. The van der Waals surface area contributed by atoms with Gasteiger partial charge in [0, 0.05) is 0 Å². The Bertz CT molecular complexity index is 733. The predicted molar refractivity (Wildman–Crippen MR) is 79.2 cm³/mol. The first kappa shape index (κ1) is 15.4. The molecule has 5 nitrogen and oxygen atoms in total. The van der Waals surface area contributed by atoms with Crippen LogP contribution in [0.3, 0.4) is 0 Å². The molecule has 0 unspecified atom stereocenters. The molecule has 0 aliphatic rings. The number of carbonyl (C=O) groups excluding carboxylic acids is 3. The van der Waals surface area contributed by atoms with E-state index in [2.05, 4.69) is 4.74 Å². The van der Waals surface area contributed by atoms with Gasteiger partial charge in [-0.05, 0) is 31.2 Å². The molecular weight excluding hydrogens is 284 g/mol. The number of para-hydroxylation sites is 1. The molecule has 0 bridgehead atoms. The number of carbonyl (C=O) groups is 3. The third-order valence-corrected chi connectivity index (χ3v) is 3.02. The van der Waals surface area contributed by atoms with E-state index < -0.39 is 11.9 Å². The predicted octanol–water partition coefficient (Wildman–Crippen LogP) is 2.90. The molecule has 0 aliphatic heterocycles. The van der Waals surface area contributed by atoms with Crippen molar-refractivity contribution in [3.05, 3.63) is 65.2 Å². The molecule has 0 saturated heterocycles. The molecule has 0 aliphatic carbocycles. The standard InChI is InChI=1S/C17H14O5/c1-11(18)12-7-5-6-10-15(12)22-17(20)14-9-4-3-8-13(14)16(19)21-2/h3-10H,1-2H3. The second kappa shape index (κ2) is 6.67. The maximum Gasteiger partial charge on any atom is 0.344 e. The van der Waals surface area contributed by atoms with Crippen LogP contribution in [-0.2, 0) is 4.74 Å². The van der Waals surface area contributed by atoms with E-state index in [-0.39, 0.29) is 22.7 Å². The largest absolute Gasteiger partial charge is 0.465 e. The van der Waals surface area contributed by atoms with E-state index in [1.54, 1.807) is 30.3 Å². The molecule has 22 heavy (non-hydrogen) atoms. The quantitative estimate of drug-likeness (QED) is 0.493. The van der Waals surface area contributed by atoms with Gasteiger partial charge in [-0.15, -0.1) is 0 Å². The molecule has 0 fully saturated rings. The Morgan fingerprint density at radius 2 is 1.27 bits per heavy atom. The Kier molecular flexibility index (Phi) is 4.68. The Hall–Kier alpha value is -2.95. The minimum atomic E-state index is -0.727. The average Bonchev–Trinajstić information content (AvgIpc) is 2.54. The SMILES string of the molecule is COC(=O)c1ccccc1C(=O)Oc1ccccc1C(C)=O. The molecule has 5 heteroatoms. The number of ketones is 1. The lowest BCUT2D eigenvalue weighted by molar-refractivity contribution is 0.0587. The topological polar surface area (TPSA) is 69.7 Å². The summed E-state index contributed by atoms with van der Waals surface area (Å²) in [6.45, 7) is 1.38. The van der Waals surface area contributed by atoms with E-state index in [4.69, 9.17) is 4.74 Å². The first-order valence-corrected chi connectivity index (χ1v) is 6.54. The summed E-state index contributed by atoms with van der Waals surface area (Å²) in [7, 11) is 1.23. The minimum absolute atomic E-state index is 0.0766. The van der Waals surface area contributed by atoms with Crippen LogP contribution in [0.15, 0.2) is 48.5 Å². The molecule has 2 aromatic carbocycles. The summed E-state index contributed by atoms with van der Waals surface area (Å²) in [5.41, 5.74) is 0.481. The number of hydrogen-bond acceptors (Lipinski definition) is 5. The molecule has 0 radical (unpaired) electrons. The maximum absolute atomic E-state index is 12.3. The fraction of sp³-hybridized carbons (Fsp3) is 0.118. The zero-order chi connectivity index (χ0) is 16.1. The number of Topliss-reactive ketones (excluding diaryl/α,β-unsaturated/α-hetero) is 1. The monoisotopic (exact) mass is 298 g/mol. The third kappa shape index (κ3) is 3.20. The van der Waals surface area contributed by atoms with E-state index in [1.165, 1.54) is 32.2 Å². The lowest BCUT2D eigenvalue weighted by Gasteiger charge is -2.10. The van der Waals surface area contributed by atoms with Crippen molar-refractivity contribution < 1.29 is 23.9 Å². The van der Waals surface area contributed by atoms with Gasteiger partial charge in [0.2, 0.25) is 0 Å². The van der Waals surface area contributed by atoms with E-state index in [1.807, 2.05) is 0 Å². The van der Waals surface area contributed by atoms with Crippen molar-refractivity contribution in [2.24, 2.45) is 0 Å². The summed E-state index contributed by atoms with van der Waals surface area (Å²) in [5.74, 6) is -1.42. The van der Waals surface area contributed by atoms with Crippen LogP contribution in [0.25, 0.3) is 0 Å². The first-order chi connectivity index (χ1) is 10.5. The number of methoxy groups -OCH3 is 1. The first-order valence-electron chi connectivity index (χ1n) is 6.54. The molecule has 0 saturated carbocycles. The van der Waals surface area contributed by atoms with Gasteiger partial charge in [-0.2, -0.15) is 0 Å². The van der Waals surface area contributed by atoms with E-state index in [9.17, 15) is 14.4 Å². The van der Waals surface area contributed by atoms with E-state index in [0.29, 0.717) is 5.56 Å². The van der Waals surface area contributed by atoms with Crippen molar-refractivity contribution in [3.8, 4) is 5.75 Å². The molecule has 2 aromatic rings. The smallest absolute Gasteiger partial charge is 0.344 e. The molecule has 0 heterocycles. The molecule has 112 valence electrons. The van der Waals surface area contributed by atoms with Crippen molar-refractivity contribution in [1.29, 1.82) is 0 Å². The summed E-state index contributed by atoms with van der Waals surface area (Å²) in [5, 5.41) is 0. The molecule has 0 spiro atoms. The number of esters is 2. The van der Waals surface area contributed by atoms with Crippen LogP contribution < -0.4 is 4.74 Å². The lowest BCUT2D eigenvalue weighted by Crippen LogP contribution is -2.16. The van der Waals surface area contributed by atoms with Crippen LogP contribution in [0, 0.1) is 0 Å². The van der Waals surface area contributed by atoms with Crippen LogP contribution in [0.4, 0.5) is 0 Å². The van der Waals surface area contributed by atoms with Crippen molar-refractivity contribution in [2.75, 3.05) is 7.11 Å². The van der Waals surface area contributed by atoms with Gasteiger partial charge in [-0.25, -0.2) is 9.59 Å². The maximum atomic E-state index is 12.3. The van der Waals surface area contributed by atoms with Gasteiger partial charge in [0.1, 0.15) is 5.75 Å². The molecule has 0 atom stereocenters. The third-order valence-electron chi connectivity index (χ3n) is 3.02. The summed E-state index contributed by atoms with van der Waals surface area (Å²) in [4.78, 5) is 35.5. The molecule has 0 aromatic heterocycles. The van der Waals surface area contributed by atoms with E-state index >= 15 is 0 Å². The summed E-state index contributed by atoms with van der Waals surface area (Å²) in [6, 6.07) is 12.6. The number of benzene rings is 2. The minimum Gasteiger partial charge on any atom is -0.465 e. The van der Waals surface area contributed by atoms with E-state index in [0.717, 1.165) is 0 Å². The van der Waals surface area contributed by atoms with Crippen LogP contribution in [-0.4, -0.2) is 24.8 Å². The molecule has 2 rings (SSSR count). The zero-order valence-corrected chi connectivity index (χ0v) is 12.2. The van der Waals surface area contributed by atoms with Crippen molar-refractivity contribution in [3.63, 3.8) is 0 Å². The van der Waals surface area contributed by atoms with Crippen molar-refractivity contribution in [2.45, 2.75) is 6.92 Å². The molecular formula is C17H14O5. The Morgan fingerprint density at radius 3 is 1.82 bits per heavy atom. The highest BCUT2D eigenvalue weighted by Crippen LogP contribution is 2.21. The summed E-state index contributed by atoms with van der Waals surface area (Å²) < 4.78 is 9.90. The summed E-state index contributed by atoms with van der Waals surface area (Å²) in [6.07, 6.45) is 0. The van der Waals surface area contributed by atoms with Crippen LogP contribution in [0.2, 0.25) is 0 Å². The van der Waals surface area contributed by atoms with Gasteiger partial charge in [0.05, 0.1) is 23.8 Å². The highest BCUT2D eigenvalue weighted by Gasteiger charge is 2.20. The molecule has 0 amide bonds. The van der Waals surface area contributed by atoms with Gasteiger partial charge in [0.25, 0.3) is 0 Å². The second-order valence-electron chi connectivity index (χ2n) is 4.48. The van der Waals surface area contributed by atoms with Gasteiger partial charge in [-0.1, -0.05) is 24.3 Å². The highest BCUT2D eigenvalue weighted by atomic mass is 16.5.